The summed E-state index contributed by atoms with van der Waals surface area (Å²) in [5.74, 6) is 5.89. The summed E-state index contributed by atoms with van der Waals surface area (Å²) in [5, 5.41) is 17.6. The highest BCUT2D eigenvalue weighted by Gasteiger charge is 2.10. The van der Waals surface area contributed by atoms with Gasteiger partial charge in [0.1, 0.15) is 5.69 Å². The Hall–Kier alpha value is -2.60. The average Bonchev–Trinajstić information content (AvgIpc) is 2.47. The van der Waals surface area contributed by atoms with Gasteiger partial charge in [-0.05, 0) is 0 Å². The number of nitrogens with zero attached hydrogens (tertiary/aromatic N) is 4. The van der Waals surface area contributed by atoms with Gasteiger partial charge < -0.3 is 5.43 Å². The van der Waals surface area contributed by atoms with Crippen molar-refractivity contribution < 1.29 is 0 Å². The van der Waals surface area contributed by atoms with Crippen LogP contribution in [0.3, 0.4) is 0 Å². The third kappa shape index (κ3) is 1.64. The molecule has 0 amide bonds. The first kappa shape index (κ1) is 10.5. The van der Waals surface area contributed by atoms with E-state index in [-0.39, 0.29) is 0 Å². The molecule has 0 saturated heterocycles. The van der Waals surface area contributed by atoms with Crippen LogP contribution >= 0.6 is 0 Å². The molecule has 2 heterocycles. The molecule has 0 atom stereocenters. The Balaban J connectivity index is 2.32. The fraction of sp³-hybridized carbons (Fsp3) is 0. The second-order valence-electron chi connectivity index (χ2n) is 3.72. The molecule has 6 nitrogen and oxygen atoms in total. The predicted molar refractivity (Wildman–Crippen MR) is 68.4 cm³/mol. The molecule has 6 heteroatoms. The Kier molecular flexibility index (Phi) is 2.54. The maximum absolute atomic E-state index is 5.40. The van der Waals surface area contributed by atoms with Crippen molar-refractivity contribution in [3.8, 4) is 11.3 Å². The summed E-state index contributed by atoms with van der Waals surface area (Å²) in [6, 6.07) is 9.80. The highest BCUT2D eigenvalue weighted by molar-refractivity contribution is 5.98. The molecular weight excluding hydrogens is 228 g/mol. The number of hydrogen-bond donors (Lipinski definition) is 2. The number of hydrogen-bond acceptors (Lipinski definition) is 6. The fourth-order valence-electron chi connectivity index (χ4n) is 1.82. The molecule has 2 aromatic heterocycles. The lowest BCUT2D eigenvalue weighted by Gasteiger charge is -2.07. The largest absolute Gasteiger partial charge is 0.306 e. The van der Waals surface area contributed by atoms with Gasteiger partial charge in [-0.1, -0.05) is 30.3 Å². The summed E-state index contributed by atoms with van der Waals surface area (Å²) < 4.78 is 0. The lowest BCUT2D eigenvalue weighted by Crippen LogP contribution is -2.10. The van der Waals surface area contributed by atoms with Gasteiger partial charge in [-0.2, -0.15) is 10.2 Å². The molecule has 3 aromatic rings. The summed E-state index contributed by atoms with van der Waals surface area (Å²) in [6.07, 6.45) is 3.28. The van der Waals surface area contributed by atoms with Crippen molar-refractivity contribution in [1.82, 2.24) is 20.4 Å². The molecule has 88 valence electrons. The zero-order valence-corrected chi connectivity index (χ0v) is 9.41. The maximum Gasteiger partial charge on any atom is 0.172 e. The number of nitrogens with two attached hydrogens (primary N) is 1. The van der Waals surface area contributed by atoms with Crippen molar-refractivity contribution in [2.24, 2.45) is 5.84 Å². The van der Waals surface area contributed by atoms with E-state index >= 15 is 0 Å². The van der Waals surface area contributed by atoms with Gasteiger partial charge in [-0.15, -0.1) is 10.2 Å². The lowest BCUT2D eigenvalue weighted by molar-refractivity contribution is 1.02. The van der Waals surface area contributed by atoms with Crippen molar-refractivity contribution in [2.75, 3.05) is 5.43 Å². The van der Waals surface area contributed by atoms with Gasteiger partial charge in [0, 0.05) is 10.9 Å². The van der Waals surface area contributed by atoms with Gasteiger partial charge in [0.2, 0.25) is 0 Å². The minimum atomic E-state index is 0.486. The molecule has 0 bridgehead atoms. The second kappa shape index (κ2) is 4.34. The van der Waals surface area contributed by atoms with E-state index < -0.39 is 0 Å². The third-order valence-corrected chi connectivity index (χ3v) is 2.67. The van der Waals surface area contributed by atoms with Crippen molar-refractivity contribution in [3.05, 3.63) is 42.7 Å². The molecule has 0 radical (unpaired) electrons. The van der Waals surface area contributed by atoms with E-state index in [2.05, 4.69) is 25.8 Å². The van der Waals surface area contributed by atoms with Crippen LogP contribution in [0, 0.1) is 0 Å². The van der Waals surface area contributed by atoms with E-state index in [1.54, 1.807) is 12.4 Å². The molecule has 0 spiro atoms. The summed E-state index contributed by atoms with van der Waals surface area (Å²) in [6.45, 7) is 0. The first-order valence-electron chi connectivity index (χ1n) is 5.39. The van der Waals surface area contributed by atoms with Gasteiger partial charge in [0.25, 0.3) is 0 Å². The maximum atomic E-state index is 5.40. The smallest absolute Gasteiger partial charge is 0.172 e. The SMILES string of the molecule is NNc1nnc(-c2ccccc2)c2cnncc12. The topological polar surface area (TPSA) is 89.6 Å². The quantitative estimate of drug-likeness (QED) is 0.517. The summed E-state index contributed by atoms with van der Waals surface area (Å²) >= 11 is 0. The van der Waals surface area contributed by atoms with E-state index in [4.69, 9.17) is 5.84 Å². The molecule has 0 aliphatic heterocycles. The molecule has 3 N–H and O–H groups in total. The van der Waals surface area contributed by atoms with E-state index in [1.807, 2.05) is 30.3 Å². The van der Waals surface area contributed by atoms with Crippen LogP contribution in [0.5, 0.6) is 0 Å². The third-order valence-electron chi connectivity index (χ3n) is 2.67. The van der Waals surface area contributed by atoms with Gasteiger partial charge in [-0.25, -0.2) is 5.84 Å². The predicted octanol–water partition coefficient (Wildman–Crippen LogP) is 1.37. The molecule has 1 aromatic carbocycles. The minimum Gasteiger partial charge on any atom is -0.306 e. The number of aromatic nitrogens is 4. The van der Waals surface area contributed by atoms with Crippen LogP contribution in [-0.4, -0.2) is 20.4 Å². The van der Waals surface area contributed by atoms with E-state index in [0.717, 1.165) is 22.0 Å². The first-order chi connectivity index (χ1) is 8.90. The van der Waals surface area contributed by atoms with Crippen molar-refractivity contribution >= 4 is 16.6 Å². The summed E-state index contributed by atoms with van der Waals surface area (Å²) in [4.78, 5) is 0. The van der Waals surface area contributed by atoms with Crippen LogP contribution in [-0.2, 0) is 0 Å². The average molecular weight is 238 g/mol. The Bertz CT molecular complexity index is 682. The number of nitrogen functional groups attached to an aromatic ring is 1. The van der Waals surface area contributed by atoms with Crippen molar-refractivity contribution in [3.63, 3.8) is 0 Å². The lowest BCUT2D eigenvalue weighted by atomic mass is 10.1. The van der Waals surface area contributed by atoms with Crippen LogP contribution in [0.4, 0.5) is 5.82 Å². The molecular formula is C12H10N6. The Morgan fingerprint density at radius 2 is 1.61 bits per heavy atom. The molecule has 0 fully saturated rings. The Morgan fingerprint density at radius 3 is 2.33 bits per heavy atom. The van der Waals surface area contributed by atoms with Gasteiger partial charge in [-0.3, -0.25) is 0 Å². The molecule has 0 unspecified atom stereocenters. The number of benzene rings is 1. The minimum absolute atomic E-state index is 0.486. The summed E-state index contributed by atoms with van der Waals surface area (Å²) in [5.41, 5.74) is 4.25. The number of anilines is 1. The van der Waals surface area contributed by atoms with E-state index in [9.17, 15) is 0 Å². The Labute approximate surface area is 103 Å². The fourth-order valence-corrected chi connectivity index (χ4v) is 1.82. The number of fused-ring (bicyclic) bond motifs is 1. The zero-order chi connectivity index (χ0) is 12.4. The van der Waals surface area contributed by atoms with Crippen LogP contribution in [0.2, 0.25) is 0 Å². The number of nitrogens with one attached hydrogen (secondary N) is 1. The molecule has 0 saturated carbocycles. The molecule has 3 rings (SSSR count). The van der Waals surface area contributed by atoms with Gasteiger partial charge >= 0.3 is 0 Å². The summed E-state index contributed by atoms with van der Waals surface area (Å²) in [7, 11) is 0. The highest BCUT2D eigenvalue weighted by Crippen LogP contribution is 2.27. The van der Waals surface area contributed by atoms with Crippen LogP contribution in [0.1, 0.15) is 0 Å². The van der Waals surface area contributed by atoms with Crippen molar-refractivity contribution in [1.29, 1.82) is 0 Å². The van der Waals surface area contributed by atoms with Gasteiger partial charge in [0.15, 0.2) is 5.82 Å². The van der Waals surface area contributed by atoms with Crippen LogP contribution in [0.25, 0.3) is 22.0 Å². The number of rotatable bonds is 2. The molecule has 18 heavy (non-hydrogen) atoms. The second-order valence-corrected chi connectivity index (χ2v) is 3.72. The molecule has 0 aliphatic rings. The highest BCUT2D eigenvalue weighted by atomic mass is 15.3. The van der Waals surface area contributed by atoms with E-state index in [1.165, 1.54) is 0 Å². The first-order valence-corrected chi connectivity index (χ1v) is 5.39. The molecule has 0 aliphatic carbocycles. The normalized spacial score (nSPS) is 10.5. The standard InChI is InChI=1S/C12H10N6/c13-16-12-10-7-15-14-6-9(10)11(17-18-12)8-4-2-1-3-5-8/h1-7H,13H2,(H,16,18). The number of hydrazine groups is 1. The zero-order valence-electron chi connectivity index (χ0n) is 9.41. The van der Waals surface area contributed by atoms with Crippen LogP contribution in [0.15, 0.2) is 42.7 Å². The van der Waals surface area contributed by atoms with Gasteiger partial charge in [0.05, 0.1) is 17.8 Å². The van der Waals surface area contributed by atoms with Crippen LogP contribution < -0.4 is 11.3 Å². The van der Waals surface area contributed by atoms with E-state index in [0.29, 0.717) is 5.82 Å². The Morgan fingerprint density at radius 1 is 0.889 bits per heavy atom. The monoisotopic (exact) mass is 238 g/mol. The van der Waals surface area contributed by atoms with Crippen molar-refractivity contribution in [2.45, 2.75) is 0 Å².